The van der Waals surface area contributed by atoms with E-state index in [1.807, 2.05) is 0 Å². The Hall–Kier alpha value is -2.07. The van der Waals surface area contributed by atoms with Gasteiger partial charge in [0.1, 0.15) is 5.69 Å². The number of amides is 1. The fraction of sp³-hybridized carbons (Fsp3) is 0.500. The summed E-state index contributed by atoms with van der Waals surface area (Å²) >= 11 is 0. The van der Waals surface area contributed by atoms with Crippen LogP contribution in [0.1, 0.15) is 33.8 Å². The SMILES string of the molecule is CS(=O)(=O)N1CCC[C@@H]1CNC(=O)c1cnc(C(=O)O)cn1. The van der Waals surface area contributed by atoms with Gasteiger partial charge in [0.2, 0.25) is 10.0 Å². The van der Waals surface area contributed by atoms with Crippen LogP contribution in [0.5, 0.6) is 0 Å². The van der Waals surface area contributed by atoms with Crippen LogP contribution in [0.15, 0.2) is 12.4 Å². The lowest BCUT2D eigenvalue weighted by Crippen LogP contribution is -2.42. The number of hydrogen-bond acceptors (Lipinski definition) is 6. The minimum atomic E-state index is -3.29. The molecular formula is C12H16N4O5S. The molecule has 120 valence electrons. The minimum absolute atomic E-state index is 0.0195. The molecule has 1 aliphatic rings. The van der Waals surface area contributed by atoms with E-state index in [1.165, 1.54) is 4.31 Å². The molecule has 1 aromatic heterocycles. The first-order valence-corrected chi connectivity index (χ1v) is 8.44. The van der Waals surface area contributed by atoms with Gasteiger partial charge in [-0.1, -0.05) is 0 Å². The van der Waals surface area contributed by atoms with Crippen molar-refractivity contribution >= 4 is 21.9 Å². The number of nitrogens with one attached hydrogen (secondary N) is 1. The van der Waals surface area contributed by atoms with Gasteiger partial charge in [-0.15, -0.1) is 0 Å². The highest BCUT2D eigenvalue weighted by atomic mass is 32.2. The van der Waals surface area contributed by atoms with E-state index in [4.69, 9.17) is 5.11 Å². The van der Waals surface area contributed by atoms with Gasteiger partial charge in [-0.25, -0.2) is 23.2 Å². The molecule has 0 aliphatic carbocycles. The Bertz CT molecular complexity index is 673. The van der Waals surface area contributed by atoms with Crippen molar-refractivity contribution in [2.24, 2.45) is 0 Å². The third-order valence-corrected chi connectivity index (χ3v) is 4.68. The molecule has 1 atom stereocenters. The first kappa shape index (κ1) is 16.3. The maximum Gasteiger partial charge on any atom is 0.356 e. The monoisotopic (exact) mass is 328 g/mol. The van der Waals surface area contributed by atoms with Crippen LogP contribution >= 0.6 is 0 Å². The van der Waals surface area contributed by atoms with Gasteiger partial charge in [-0.3, -0.25) is 4.79 Å². The first-order chi connectivity index (χ1) is 10.3. The average Bonchev–Trinajstić information content (AvgIpc) is 2.93. The molecule has 2 rings (SSSR count). The topological polar surface area (TPSA) is 130 Å². The normalized spacial score (nSPS) is 19.0. The zero-order chi connectivity index (χ0) is 16.3. The number of carbonyl (C=O) groups is 2. The van der Waals surface area contributed by atoms with Gasteiger partial charge in [0.15, 0.2) is 5.69 Å². The Morgan fingerprint density at radius 1 is 1.36 bits per heavy atom. The standard InChI is InChI=1S/C12H16N4O5S/c1-22(20,21)16-4-2-3-8(16)5-15-11(17)9-6-14-10(7-13-9)12(18)19/h6-8H,2-5H2,1H3,(H,15,17)(H,18,19)/t8-/m1/s1. The summed E-state index contributed by atoms with van der Waals surface area (Å²) in [4.78, 5) is 29.9. The minimum Gasteiger partial charge on any atom is -0.476 e. The van der Waals surface area contributed by atoms with E-state index in [1.54, 1.807) is 0 Å². The number of aromatic nitrogens is 2. The number of carboxylic acid groups (broad SMARTS) is 1. The van der Waals surface area contributed by atoms with Crippen molar-refractivity contribution in [1.82, 2.24) is 19.6 Å². The molecule has 10 heteroatoms. The molecule has 0 bridgehead atoms. The number of carboxylic acids is 1. The summed E-state index contributed by atoms with van der Waals surface area (Å²) in [5, 5.41) is 11.3. The molecule has 1 aromatic rings. The van der Waals surface area contributed by atoms with Crippen molar-refractivity contribution < 1.29 is 23.1 Å². The van der Waals surface area contributed by atoms with Gasteiger partial charge in [-0.2, -0.15) is 4.31 Å². The molecule has 1 saturated heterocycles. The highest BCUT2D eigenvalue weighted by Crippen LogP contribution is 2.19. The van der Waals surface area contributed by atoms with Crippen LogP contribution < -0.4 is 5.32 Å². The van der Waals surface area contributed by atoms with Gasteiger partial charge in [0.25, 0.3) is 5.91 Å². The lowest BCUT2D eigenvalue weighted by molar-refractivity contribution is 0.0689. The second-order valence-electron chi connectivity index (χ2n) is 4.97. The predicted molar refractivity (Wildman–Crippen MR) is 75.9 cm³/mol. The number of rotatable bonds is 5. The Kier molecular flexibility index (Phi) is 4.71. The van der Waals surface area contributed by atoms with E-state index in [2.05, 4.69) is 15.3 Å². The van der Waals surface area contributed by atoms with E-state index in [-0.39, 0.29) is 24.0 Å². The van der Waals surface area contributed by atoms with Crippen LogP contribution in [0, 0.1) is 0 Å². The molecule has 0 saturated carbocycles. The van der Waals surface area contributed by atoms with Crippen LogP contribution in [0.2, 0.25) is 0 Å². The Morgan fingerprint density at radius 2 is 2.00 bits per heavy atom. The van der Waals surface area contributed by atoms with Crippen LogP contribution in [0.25, 0.3) is 0 Å². The molecule has 1 amide bonds. The maximum absolute atomic E-state index is 11.9. The average molecular weight is 328 g/mol. The summed E-state index contributed by atoms with van der Waals surface area (Å²) in [6, 6.07) is -0.273. The zero-order valence-electron chi connectivity index (χ0n) is 11.9. The predicted octanol–water partition coefficient (Wildman–Crippen LogP) is -0.671. The van der Waals surface area contributed by atoms with Crippen LogP contribution in [-0.2, 0) is 10.0 Å². The molecule has 22 heavy (non-hydrogen) atoms. The van der Waals surface area contributed by atoms with Crippen molar-refractivity contribution in [3.63, 3.8) is 0 Å². The molecule has 2 heterocycles. The van der Waals surface area contributed by atoms with Crippen molar-refractivity contribution in [2.75, 3.05) is 19.3 Å². The molecule has 2 N–H and O–H groups in total. The molecule has 1 aliphatic heterocycles. The fourth-order valence-corrected chi connectivity index (χ4v) is 3.49. The lowest BCUT2D eigenvalue weighted by atomic mass is 10.2. The molecule has 0 spiro atoms. The van der Waals surface area contributed by atoms with Gasteiger partial charge in [-0.05, 0) is 12.8 Å². The van der Waals surface area contributed by atoms with Crippen LogP contribution in [0.4, 0.5) is 0 Å². The van der Waals surface area contributed by atoms with Crippen LogP contribution in [-0.4, -0.2) is 65.1 Å². The van der Waals surface area contributed by atoms with E-state index < -0.39 is 21.9 Å². The summed E-state index contributed by atoms with van der Waals surface area (Å²) < 4.78 is 24.6. The van der Waals surface area contributed by atoms with Crippen molar-refractivity contribution in [2.45, 2.75) is 18.9 Å². The molecular weight excluding hydrogens is 312 g/mol. The summed E-state index contributed by atoms with van der Waals surface area (Å²) in [5.74, 6) is -1.75. The molecule has 1 fully saturated rings. The highest BCUT2D eigenvalue weighted by molar-refractivity contribution is 7.88. The van der Waals surface area contributed by atoms with E-state index >= 15 is 0 Å². The van der Waals surface area contributed by atoms with E-state index in [0.717, 1.165) is 25.1 Å². The van der Waals surface area contributed by atoms with Crippen molar-refractivity contribution in [3.8, 4) is 0 Å². The Labute approximate surface area is 127 Å². The van der Waals surface area contributed by atoms with Crippen molar-refractivity contribution in [3.05, 3.63) is 23.8 Å². The number of aromatic carboxylic acids is 1. The van der Waals surface area contributed by atoms with Gasteiger partial charge in [0, 0.05) is 19.1 Å². The Balaban J connectivity index is 1.96. The molecule has 0 radical (unpaired) electrons. The third kappa shape index (κ3) is 3.77. The largest absolute Gasteiger partial charge is 0.476 e. The maximum atomic E-state index is 11.9. The Morgan fingerprint density at radius 3 is 2.55 bits per heavy atom. The number of carbonyl (C=O) groups excluding carboxylic acids is 1. The first-order valence-electron chi connectivity index (χ1n) is 6.59. The summed E-state index contributed by atoms with van der Waals surface area (Å²) in [6.07, 6.45) is 4.64. The second kappa shape index (κ2) is 6.36. The quantitative estimate of drug-likeness (QED) is 0.733. The van der Waals surface area contributed by atoms with E-state index in [9.17, 15) is 18.0 Å². The number of hydrogen-bond donors (Lipinski definition) is 2. The molecule has 9 nitrogen and oxygen atoms in total. The lowest BCUT2D eigenvalue weighted by Gasteiger charge is -2.22. The van der Waals surface area contributed by atoms with E-state index in [0.29, 0.717) is 13.0 Å². The fourth-order valence-electron chi connectivity index (χ4n) is 2.31. The van der Waals surface area contributed by atoms with Gasteiger partial charge >= 0.3 is 5.97 Å². The second-order valence-corrected chi connectivity index (χ2v) is 6.91. The number of sulfonamides is 1. The van der Waals surface area contributed by atoms with Crippen LogP contribution in [0.3, 0.4) is 0 Å². The summed E-state index contributed by atoms with van der Waals surface area (Å²) in [7, 11) is -3.29. The van der Waals surface area contributed by atoms with Crippen molar-refractivity contribution in [1.29, 1.82) is 0 Å². The zero-order valence-corrected chi connectivity index (χ0v) is 12.7. The highest BCUT2D eigenvalue weighted by Gasteiger charge is 2.31. The summed E-state index contributed by atoms with van der Waals surface area (Å²) in [5.41, 5.74) is -0.274. The van der Waals surface area contributed by atoms with Gasteiger partial charge in [0.05, 0.1) is 18.6 Å². The third-order valence-electron chi connectivity index (χ3n) is 3.35. The van der Waals surface area contributed by atoms with Gasteiger partial charge < -0.3 is 10.4 Å². The smallest absolute Gasteiger partial charge is 0.356 e. The number of nitrogens with zero attached hydrogens (tertiary/aromatic N) is 3. The summed E-state index contributed by atoms with van der Waals surface area (Å²) in [6.45, 7) is 0.626. The molecule has 0 unspecified atom stereocenters. The molecule has 0 aromatic carbocycles.